The molecule has 152 valence electrons. The number of ether oxygens (including phenoxy) is 1. The smallest absolute Gasteiger partial charge is 0.326 e. The second-order valence-corrected chi connectivity index (χ2v) is 8.58. The van der Waals surface area contributed by atoms with E-state index in [4.69, 9.17) is 4.74 Å². The summed E-state index contributed by atoms with van der Waals surface area (Å²) in [6, 6.07) is 4.73. The number of aromatic hydroxyl groups is 1. The van der Waals surface area contributed by atoms with Crippen molar-refractivity contribution in [3.63, 3.8) is 0 Å². The van der Waals surface area contributed by atoms with Crippen LogP contribution in [-0.4, -0.2) is 64.7 Å². The van der Waals surface area contributed by atoms with Crippen LogP contribution in [0.4, 0.5) is 0 Å². The molecule has 1 saturated carbocycles. The van der Waals surface area contributed by atoms with Gasteiger partial charge in [-0.15, -0.1) is 0 Å². The number of piperidine rings is 1. The minimum absolute atomic E-state index is 0.0443. The monoisotopic (exact) mass is 388 g/mol. The lowest BCUT2D eigenvalue weighted by Gasteiger charge is -2.39. The van der Waals surface area contributed by atoms with Gasteiger partial charge in [0.05, 0.1) is 7.11 Å². The van der Waals surface area contributed by atoms with Crippen LogP contribution in [0.2, 0.25) is 0 Å². The minimum atomic E-state index is -0.871. The predicted molar refractivity (Wildman–Crippen MR) is 102 cm³/mol. The quantitative estimate of drug-likeness (QED) is 0.803. The number of phenols is 1. The second kappa shape index (κ2) is 7.28. The summed E-state index contributed by atoms with van der Waals surface area (Å²) in [6.07, 6.45) is 4.18. The van der Waals surface area contributed by atoms with Crippen molar-refractivity contribution in [3.05, 3.63) is 23.8 Å². The van der Waals surface area contributed by atoms with Gasteiger partial charge in [-0.1, -0.05) is 6.07 Å². The number of hydrogen-bond donors (Lipinski definition) is 2. The molecular formula is C21H28N2O5. The number of amides is 1. The maximum absolute atomic E-state index is 12.6. The van der Waals surface area contributed by atoms with E-state index in [2.05, 4.69) is 4.90 Å². The standard InChI is InChI=1S/C21H28N2O5/c1-28-18-10-14(2-5-17(18)24)12-22-8-6-21(7-9-22)11-16(20(26)27)23(13-21)19(25)15-3-4-15/h2,5,10,15-16,24H,3-4,6-9,11-13H2,1H3,(H,26,27). The van der Waals surface area contributed by atoms with Gasteiger partial charge in [-0.3, -0.25) is 9.69 Å². The van der Waals surface area contributed by atoms with Crippen molar-refractivity contribution in [2.75, 3.05) is 26.7 Å². The van der Waals surface area contributed by atoms with E-state index >= 15 is 0 Å². The SMILES string of the molecule is COc1cc(CN2CCC3(CC2)CC(C(=O)O)N(C(=O)C2CC2)C3)ccc1O. The summed E-state index contributed by atoms with van der Waals surface area (Å²) in [5.74, 6) is -0.163. The Bertz CT molecular complexity index is 768. The molecule has 4 rings (SSSR count). The Kier molecular flexibility index (Phi) is 4.95. The lowest BCUT2D eigenvalue weighted by molar-refractivity contribution is -0.148. The van der Waals surface area contributed by atoms with Crippen LogP contribution < -0.4 is 4.74 Å². The summed E-state index contributed by atoms with van der Waals surface area (Å²) in [5, 5.41) is 19.4. The first-order valence-corrected chi connectivity index (χ1v) is 10.0. The highest BCUT2D eigenvalue weighted by Crippen LogP contribution is 2.45. The molecule has 3 fully saturated rings. The fourth-order valence-corrected chi connectivity index (χ4v) is 4.70. The summed E-state index contributed by atoms with van der Waals surface area (Å²) in [7, 11) is 1.54. The molecule has 0 aromatic heterocycles. The van der Waals surface area contributed by atoms with Crippen LogP contribution in [0.5, 0.6) is 11.5 Å². The van der Waals surface area contributed by atoms with Gasteiger partial charge in [0.2, 0.25) is 5.91 Å². The fraction of sp³-hybridized carbons (Fsp3) is 0.619. The van der Waals surface area contributed by atoms with E-state index in [-0.39, 0.29) is 23.0 Å². The molecule has 1 aromatic rings. The molecule has 1 aromatic carbocycles. The van der Waals surface area contributed by atoms with Crippen molar-refractivity contribution in [3.8, 4) is 11.5 Å². The third-order valence-corrected chi connectivity index (χ3v) is 6.57. The zero-order chi connectivity index (χ0) is 19.9. The molecule has 1 unspecified atom stereocenters. The molecule has 7 heteroatoms. The van der Waals surface area contributed by atoms with E-state index in [1.54, 1.807) is 11.0 Å². The van der Waals surface area contributed by atoms with Gasteiger partial charge in [-0.2, -0.15) is 0 Å². The van der Waals surface area contributed by atoms with Crippen molar-refractivity contribution >= 4 is 11.9 Å². The zero-order valence-electron chi connectivity index (χ0n) is 16.3. The average Bonchev–Trinajstić information content (AvgIpc) is 3.46. The van der Waals surface area contributed by atoms with E-state index in [0.717, 1.165) is 50.9 Å². The van der Waals surface area contributed by atoms with E-state index in [9.17, 15) is 19.8 Å². The third-order valence-electron chi connectivity index (χ3n) is 6.57. The zero-order valence-corrected chi connectivity index (χ0v) is 16.3. The summed E-state index contributed by atoms with van der Waals surface area (Å²) in [6.45, 7) is 3.10. The largest absolute Gasteiger partial charge is 0.504 e. The number of carbonyl (C=O) groups excluding carboxylic acids is 1. The predicted octanol–water partition coefficient (Wildman–Crippen LogP) is 2.08. The van der Waals surface area contributed by atoms with Gasteiger partial charge in [0.25, 0.3) is 0 Å². The maximum atomic E-state index is 12.6. The van der Waals surface area contributed by atoms with Crippen molar-refractivity contribution in [1.82, 2.24) is 9.80 Å². The van der Waals surface area contributed by atoms with Crippen molar-refractivity contribution in [1.29, 1.82) is 0 Å². The molecule has 2 N–H and O–H groups in total. The Morgan fingerprint density at radius 2 is 1.96 bits per heavy atom. The average molecular weight is 388 g/mol. The first-order chi connectivity index (χ1) is 13.4. The lowest BCUT2D eigenvalue weighted by Crippen LogP contribution is -2.43. The van der Waals surface area contributed by atoms with Crippen LogP contribution >= 0.6 is 0 Å². The number of carbonyl (C=O) groups is 2. The number of carboxylic acid groups (broad SMARTS) is 1. The van der Waals surface area contributed by atoms with Crippen molar-refractivity contribution in [2.45, 2.75) is 44.7 Å². The number of phenolic OH excluding ortho intramolecular Hbond substituents is 1. The third kappa shape index (κ3) is 3.68. The van der Waals surface area contributed by atoms with Gasteiger partial charge in [0.1, 0.15) is 6.04 Å². The first-order valence-electron chi connectivity index (χ1n) is 10.0. The molecule has 1 amide bonds. The van der Waals surface area contributed by atoms with Crippen molar-refractivity contribution < 1.29 is 24.5 Å². The van der Waals surface area contributed by atoms with Crippen LogP contribution in [-0.2, 0) is 16.1 Å². The number of benzene rings is 1. The molecule has 1 aliphatic carbocycles. The minimum Gasteiger partial charge on any atom is -0.504 e. The number of likely N-dealkylation sites (tertiary alicyclic amines) is 2. The van der Waals surface area contributed by atoms with E-state index < -0.39 is 12.0 Å². The highest BCUT2D eigenvalue weighted by atomic mass is 16.5. The number of nitrogens with zero attached hydrogens (tertiary/aromatic N) is 2. The Labute approximate surface area is 164 Å². The van der Waals surface area contributed by atoms with Crippen molar-refractivity contribution in [2.24, 2.45) is 11.3 Å². The Morgan fingerprint density at radius 1 is 1.25 bits per heavy atom. The van der Waals surface area contributed by atoms with Gasteiger partial charge < -0.3 is 19.8 Å². The molecule has 0 bridgehead atoms. The molecule has 2 saturated heterocycles. The van der Waals surface area contributed by atoms with Gasteiger partial charge in [-0.25, -0.2) is 4.79 Å². The number of aliphatic carboxylic acids is 1. The highest BCUT2D eigenvalue weighted by molar-refractivity contribution is 5.87. The first kappa shape index (κ1) is 19.1. The maximum Gasteiger partial charge on any atom is 0.326 e. The van der Waals surface area contributed by atoms with E-state index in [1.165, 1.54) is 7.11 Å². The number of rotatable bonds is 5. The normalized spacial score (nSPS) is 24.5. The van der Waals surface area contributed by atoms with Gasteiger partial charge in [0, 0.05) is 19.0 Å². The van der Waals surface area contributed by atoms with Crippen LogP contribution in [0.1, 0.15) is 37.7 Å². The van der Waals surface area contributed by atoms with Crippen LogP contribution in [0.3, 0.4) is 0 Å². The van der Waals surface area contributed by atoms with Crippen LogP contribution in [0.15, 0.2) is 18.2 Å². The molecule has 7 nitrogen and oxygen atoms in total. The topological polar surface area (TPSA) is 90.3 Å². The van der Waals surface area contributed by atoms with E-state index in [1.807, 2.05) is 12.1 Å². The summed E-state index contributed by atoms with van der Waals surface area (Å²) in [5.41, 5.74) is 1.00. The summed E-state index contributed by atoms with van der Waals surface area (Å²) in [4.78, 5) is 28.3. The van der Waals surface area contributed by atoms with E-state index in [0.29, 0.717) is 18.7 Å². The van der Waals surface area contributed by atoms with Crippen LogP contribution in [0, 0.1) is 11.3 Å². The lowest BCUT2D eigenvalue weighted by atomic mass is 9.76. The number of methoxy groups -OCH3 is 1. The molecule has 2 aliphatic heterocycles. The van der Waals surface area contributed by atoms with Crippen LogP contribution in [0.25, 0.3) is 0 Å². The second-order valence-electron chi connectivity index (χ2n) is 8.58. The Balaban J connectivity index is 1.39. The summed E-state index contributed by atoms with van der Waals surface area (Å²) >= 11 is 0. The van der Waals surface area contributed by atoms with Gasteiger partial charge >= 0.3 is 5.97 Å². The molecule has 28 heavy (non-hydrogen) atoms. The number of hydrogen-bond acceptors (Lipinski definition) is 5. The Hall–Kier alpha value is -2.28. The molecule has 2 heterocycles. The van der Waals surface area contributed by atoms with Gasteiger partial charge in [0.15, 0.2) is 11.5 Å². The molecule has 1 atom stereocenters. The molecule has 1 spiro atoms. The van der Waals surface area contributed by atoms with Gasteiger partial charge in [-0.05, 0) is 68.3 Å². The fourth-order valence-electron chi connectivity index (χ4n) is 4.70. The summed E-state index contributed by atoms with van der Waals surface area (Å²) < 4.78 is 5.18. The Morgan fingerprint density at radius 3 is 2.57 bits per heavy atom. The molecular weight excluding hydrogens is 360 g/mol. The molecule has 3 aliphatic rings. The molecule has 0 radical (unpaired) electrons. The number of carboxylic acids is 1. The highest BCUT2D eigenvalue weighted by Gasteiger charge is 2.51.